The van der Waals surface area contributed by atoms with E-state index in [1.165, 1.54) is 0 Å². The van der Waals surface area contributed by atoms with Crippen LogP contribution in [0.3, 0.4) is 0 Å². The van der Waals surface area contributed by atoms with Crippen LogP contribution in [0.4, 0.5) is 0 Å². The van der Waals surface area contributed by atoms with Crippen molar-refractivity contribution in [2.45, 2.75) is 20.8 Å². The summed E-state index contributed by atoms with van der Waals surface area (Å²) >= 11 is 0. The standard InChI is InChI=1S/C9H13NO2/c1-4-7(3)8(6-10)9(11)12-5-2/h4,8H,5H2,1-3H3/b7-4+. The Morgan fingerprint density at radius 2 is 2.33 bits per heavy atom. The van der Waals surface area contributed by atoms with Gasteiger partial charge < -0.3 is 4.74 Å². The summed E-state index contributed by atoms with van der Waals surface area (Å²) in [5.41, 5.74) is 0.732. The Kier molecular flexibility index (Phi) is 4.78. The number of carbonyl (C=O) groups excluding carboxylic acids is 1. The van der Waals surface area contributed by atoms with E-state index in [1.807, 2.05) is 6.07 Å². The van der Waals surface area contributed by atoms with E-state index in [0.717, 1.165) is 5.57 Å². The van der Waals surface area contributed by atoms with Crippen molar-refractivity contribution in [1.29, 1.82) is 5.26 Å². The molecule has 0 aromatic heterocycles. The van der Waals surface area contributed by atoms with Crippen molar-refractivity contribution in [3.8, 4) is 6.07 Å². The smallest absolute Gasteiger partial charge is 0.327 e. The summed E-state index contributed by atoms with van der Waals surface area (Å²) in [5.74, 6) is -1.20. The zero-order valence-electron chi connectivity index (χ0n) is 7.63. The molecular formula is C9H13NO2. The van der Waals surface area contributed by atoms with Crippen molar-refractivity contribution in [1.82, 2.24) is 0 Å². The molecule has 0 fully saturated rings. The topological polar surface area (TPSA) is 50.1 Å². The maximum Gasteiger partial charge on any atom is 0.327 e. The third-order valence-electron chi connectivity index (χ3n) is 1.56. The number of ether oxygens (including phenoxy) is 1. The lowest BCUT2D eigenvalue weighted by Gasteiger charge is -2.07. The molecule has 3 heteroatoms. The Morgan fingerprint density at radius 3 is 2.67 bits per heavy atom. The summed E-state index contributed by atoms with van der Waals surface area (Å²) in [5, 5.41) is 8.63. The first-order chi connectivity index (χ1) is 5.67. The lowest BCUT2D eigenvalue weighted by Crippen LogP contribution is -2.17. The molecule has 0 amide bonds. The van der Waals surface area contributed by atoms with Gasteiger partial charge in [-0.25, -0.2) is 0 Å². The Balaban J connectivity index is 4.38. The molecule has 0 N–H and O–H groups in total. The largest absolute Gasteiger partial charge is 0.465 e. The molecule has 0 aliphatic carbocycles. The molecule has 0 bridgehead atoms. The Hall–Kier alpha value is -1.30. The highest BCUT2D eigenvalue weighted by Gasteiger charge is 2.19. The van der Waals surface area contributed by atoms with Gasteiger partial charge in [0.15, 0.2) is 5.92 Å². The highest BCUT2D eigenvalue weighted by molar-refractivity contribution is 5.78. The van der Waals surface area contributed by atoms with Gasteiger partial charge in [-0.15, -0.1) is 0 Å². The van der Waals surface area contributed by atoms with Gasteiger partial charge in [0.05, 0.1) is 12.7 Å². The Morgan fingerprint density at radius 1 is 1.75 bits per heavy atom. The first-order valence-electron chi connectivity index (χ1n) is 3.86. The van der Waals surface area contributed by atoms with Gasteiger partial charge in [-0.3, -0.25) is 4.79 Å². The van der Waals surface area contributed by atoms with Crippen molar-refractivity contribution in [2.75, 3.05) is 6.61 Å². The van der Waals surface area contributed by atoms with Crippen molar-refractivity contribution in [2.24, 2.45) is 5.92 Å². The van der Waals surface area contributed by atoms with Gasteiger partial charge in [-0.2, -0.15) is 5.26 Å². The van der Waals surface area contributed by atoms with Crippen molar-refractivity contribution >= 4 is 5.97 Å². The predicted octanol–water partition coefficient (Wildman–Crippen LogP) is 1.66. The monoisotopic (exact) mass is 167 g/mol. The minimum Gasteiger partial charge on any atom is -0.465 e. The highest BCUT2D eigenvalue weighted by Crippen LogP contribution is 2.10. The van der Waals surface area contributed by atoms with Gasteiger partial charge in [0.1, 0.15) is 0 Å². The molecule has 0 saturated heterocycles. The number of hydrogen-bond acceptors (Lipinski definition) is 3. The average molecular weight is 167 g/mol. The van der Waals surface area contributed by atoms with E-state index in [4.69, 9.17) is 10.00 Å². The molecule has 0 aliphatic rings. The minimum absolute atomic E-state index is 0.313. The summed E-state index contributed by atoms with van der Waals surface area (Å²) in [6, 6.07) is 1.89. The van der Waals surface area contributed by atoms with E-state index < -0.39 is 11.9 Å². The molecule has 0 rings (SSSR count). The summed E-state index contributed by atoms with van der Waals surface area (Å²) in [6.45, 7) is 5.56. The molecule has 0 saturated carbocycles. The quantitative estimate of drug-likeness (QED) is 0.474. The molecule has 1 unspecified atom stereocenters. The van der Waals surface area contributed by atoms with Gasteiger partial charge in [0.2, 0.25) is 0 Å². The third-order valence-corrected chi connectivity index (χ3v) is 1.56. The van der Waals surface area contributed by atoms with E-state index in [1.54, 1.807) is 26.8 Å². The van der Waals surface area contributed by atoms with Gasteiger partial charge >= 0.3 is 5.97 Å². The molecule has 0 radical (unpaired) electrons. The summed E-state index contributed by atoms with van der Waals surface area (Å²) in [6.07, 6.45) is 1.74. The fourth-order valence-corrected chi connectivity index (χ4v) is 0.733. The fourth-order valence-electron chi connectivity index (χ4n) is 0.733. The van der Waals surface area contributed by atoms with Crippen LogP contribution in [-0.4, -0.2) is 12.6 Å². The second-order valence-corrected chi connectivity index (χ2v) is 2.35. The van der Waals surface area contributed by atoms with E-state index >= 15 is 0 Å². The maximum absolute atomic E-state index is 11.1. The third kappa shape index (κ3) is 2.75. The van der Waals surface area contributed by atoms with Crippen molar-refractivity contribution in [3.05, 3.63) is 11.6 Å². The fraction of sp³-hybridized carbons (Fsp3) is 0.556. The number of allylic oxidation sites excluding steroid dienone is 1. The number of rotatable bonds is 3. The molecule has 66 valence electrons. The second-order valence-electron chi connectivity index (χ2n) is 2.35. The average Bonchev–Trinajstić information content (AvgIpc) is 2.06. The van der Waals surface area contributed by atoms with Crippen LogP contribution in [-0.2, 0) is 9.53 Å². The minimum atomic E-state index is -0.741. The van der Waals surface area contributed by atoms with Crippen LogP contribution in [0.15, 0.2) is 11.6 Å². The molecule has 3 nitrogen and oxygen atoms in total. The highest BCUT2D eigenvalue weighted by atomic mass is 16.5. The second kappa shape index (κ2) is 5.36. The van der Waals surface area contributed by atoms with Gasteiger partial charge in [-0.1, -0.05) is 6.08 Å². The number of nitrogens with zero attached hydrogens (tertiary/aromatic N) is 1. The zero-order chi connectivity index (χ0) is 9.56. The number of nitriles is 1. The lowest BCUT2D eigenvalue weighted by molar-refractivity contribution is -0.144. The Bertz CT molecular complexity index is 225. The first-order valence-corrected chi connectivity index (χ1v) is 3.86. The van der Waals surface area contributed by atoms with Crippen molar-refractivity contribution in [3.63, 3.8) is 0 Å². The molecule has 0 aromatic carbocycles. The molecule has 1 atom stereocenters. The summed E-state index contributed by atoms with van der Waals surface area (Å²) in [7, 11) is 0. The van der Waals surface area contributed by atoms with Crippen LogP contribution in [0.5, 0.6) is 0 Å². The number of esters is 1. The molecular weight excluding hydrogens is 154 g/mol. The van der Waals surface area contributed by atoms with E-state index in [2.05, 4.69) is 0 Å². The maximum atomic E-state index is 11.1. The first kappa shape index (κ1) is 10.7. The zero-order valence-corrected chi connectivity index (χ0v) is 7.63. The molecule has 0 aliphatic heterocycles. The molecule has 0 aromatic rings. The van der Waals surface area contributed by atoms with Crippen LogP contribution in [0, 0.1) is 17.2 Å². The van der Waals surface area contributed by atoms with E-state index in [-0.39, 0.29) is 0 Å². The van der Waals surface area contributed by atoms with Crippen LogP contribution < -0.4 is 0 Å². The normalized spacial score (nSPS) is 13.3. The van der Waals surface area contributed by atoms with Crippen molar-refractivity contribution < 1.29 is 9.53 Å². The van der Waals surface area contributed by atoms with Crippen LogP contribution >= 0.6 is 0 Å². The number of hydrogen-bond donors (Lipinski definition) is 0. The van der Waals surface area contributed by atoms with E-state index in [0.29, 0.717) is 6.61 Å². The van der Waals surface area contributed by atoms with Crippen LogP contribution in [0.2, 0.25) is 0 Å². The van der Waals surface area contributed by atoms with Gasteiger partial charge in [0.25, 0.3) is 0 Å². The van der Waals surface area contributed by atoms with Crippen LogP contribution in [0.25, 0.3) is 0 Å². The Labute approximate surface area is 72.6 Å². The number of carbonyl (C=O) groups is 1. The lowest BCUT2D eigenvalue weighted by atomic mass is 10.0. The molecule has 0 spiro atoms. The summed E-state index contributed by atoms with van der Waals surface area (Å²) < 4.78 is 4.72. The molecule has 12 heavy (non-hydrogen) atoms. The predicted molar refractivity (Wildman–Crippen MR) is 45.2 cm³/mol. The van der Waals surface area contributed by atoms with E-state index in [9.17, 15) is 4.79 Å². The van der Waals surface area contributed by atoms with Gasteiger partial charge in [0, 0.05) is 0 Å². The SMILES string of the molecule is C/C=C(\C)C(C#N)C(=O)OCC. The molecule has 0 heterocycles. The summed E-state index contributed by atoms with van der Waals surface area (Å²) in [4.78, 5) is 11.1. The van der Waals surface area contributed by atoms with Gasteiger partial charge in [-0.05, 0) is 26.3 Å². The van der Waals surface area contributed by atoms with Crippen LogP contribution in [0.1, 0.15) is 20.8 Å².